The molecule has 2 amide bonds. The number of hydrogen-bond acceptors (Lipinski definition) is 2. The first kappa shape index (κ1) is 16.5. The molecule has 1 unspecified atom stereocenters. The van der Waals surface area contributed by atoms with Crippen LogP contribution in [0.3, 0.4) is 0 Å². The average molecular weight is 278 g/mol. The lowest BCUT2D eigenvalue weighted by Crippen LogP contribution is -2.50. The second-order valence-corrected chi connectivity index (χ2v) is 5.51. The summed E-state index contributed by atoms with van der Waals surface area (Å²) in [6.45, 7) is 6.69. The average Bonchev–Trinajstić information content (AvgIpc) is 2.39. The van der Waals surface area contributed by atoms with Crippen LogP contribution in [0.5, 0.6) is 0 Å². The van der Waals surface area contributed by atoms with Crippen LogP contribution >= 0.6 is 0 Å². The van der Waals surface area contributed by atoms with Crippen molar-refractivity contribution in [3.63, 3.8) is 0 Å². The summed E-state index contributed by atoms with van der Waals surface area (Å²) in [7, 11) is 0. The molecule has 0 heterocycles. The van der Waals surface area contributed by atoms with Crippen LogP contribution in [0.25, 0.3) is 0 Å². The summed E-state index contributed by atoms with van der Waals surface area (Å²) in [4.78, 5) is 11.8. The fourth-order valence-electron chi connectivity index (χ4n) is 2.08. The van der Waals surface area contributed by atoms with Gasteiger partial charge >= 0.3 is 6.03 Å². The highest BCUT2D eigenvalue weighted by molar-refractivity contribution is 5.74. The van der Waals surface area contributed by atoms with Gasteiger partial charge in [-0.1, -0.05) is 36.8 Å². The summed E-state index contributed by atoms with van der Waals surface area (Å²) in [5.41, 5.74) is 2.11. The Labute approximate surface area is 121 Å². The van der Waals surface area contributed by atoms with Crippen LogP contribution < -0.4 is 10.6 Å². The van der Waals surface area contributed by atoms with Crippen LogP contribution in [-0.4, -0.2) is 29.8 Å². The molecule has 0 spiro atoms. The van der Waals surface area contributed by atoms with Crippen molar-refractivity contribution in [1.82, 2.24) is 10.6 Å². The quantitative estimate of drug-likeness (QED) is 0.717. The minimum absolute atomic E-state index is 0.0773. The van der Waals surface area contributed by atoms with Gasteiger partial charge in [0.25, 0.3) is 0 Å². The van der Waals surface area contributed by atoms with Crippen LogP contribution in [0.15, 0.2) is 24.3 Å². The Hall–Kier alpha value is -1.55. The summed E-state index contributed by atoms with van der Waals surface area (Å²) in [6, 6.07) is 8.11. The smallest absolute Gasteiger partial charge is 0.315 e. The predicted octanol–water partition coefficient (Wildman–Crippen LogP) is 2.39. The van der Waals surface area contributed by atoms with Gasteiger partial charge in [-0.05, 0) is 38.7 Å². The molecule has 0 saturated carbocycles. The van der Waals surface area contributed by atoms with Crippen molar-refractivity contribution in [1.29, 1.82) is 0 Å². The van der Waals surface area contributed by atoms with Crippen molar-refractivity contribution >= 4 is 6.03 Å². The van der Waals surface area contributed by atoms with Gasteiger partial charge < -0.3 is 15.7 Å². The number of hydrogen-bond donors (Lipinski definition) is 3. The van der Waals surface area contributed by atoms with Crippen molar-refractivity contribution < 1.29 is 9.90 Å². The first-order chi connectivity index (χ1) is 9.49. The Morgan fingerprint density at radius 1 is 1.40 bits per heavy atom. The Balaban J connectivity index is 2.36. The summed E-state index contributed by atoms with van der Waals surface area (Å²) >= 11 is 0. The largest absolute Gasteiger partial charge is 0.396 e. The van der Waals surface area contributed by atoms with Crippen LogP contribution in [0.2, 0.25) is 0 Å². The molecule has 4 nitrogen and oxygen atoms in total. The molecule has 1 aromatic carbocycles. The molecule has 3 N–H and O–H groups in total. The van der Waals surface area contributed by atoms with Gasteiger partial charge in [-0.3, -0.25) is 0 Å². The monoisotopic (exact) mass is 278 g/mol. The zero-order valence-electron chi connectivity index (χ0n) is 12.7. The molecule has 0 fully saturated rings. The molecule has 0 aliphatic rings. The third-order valence-electron chi connectivity index (χ3n) is 3.64. The molecule has 4 heteroatoms. The molecule has 20 heavy (non-hydrogen) atoms. The minimum atomic E-state index is -0.345. The minimum Gasteiger partial charge on any atom is -0.396 e. The van der Waals surface area contributed by atoms with Gasteiger partial charge in [-0.2, -0.15) is 0 Å². The Morgan fingerprint density at radius 2 is 2.15 bits per heavy atom. The first-order valence-electron chi connectivity index (χ1n) is 7.21. The van der Waals surface area contributed by atoms with E-state index in [0.29, 0.717) is 13.0 Å². The Kier molecular flexibility index (Phi) is 6.52. The van der Waals surface area contributed by atoms with Crippen LogP contribution in [0.4, 0.5) is 4.79 Å². The lowest BCUT2D eigenvalue weighted by atomic mass is 9.95. The Bertz CT molecular complexity index is 434. The van der Waals surface area contributed by atoms with Crippen LogP contribution in [0, 0.1) is 6.92 Å². The van der Waals surface area contributed by atoms with Gasteiger partial charge in [0, 0.05) is 18.7 Å². The van der Waals surface area contributed by atoms with E-state index in [1.54, 1.807) is 0 Å². The van der Waals surface area contributed by atoms with Crippen LogP contribution in [0.1, 0.15) is 37.8 Å². The van der Waals surface area contributed by atoms with E-state index in [2.05, 4.69) is 35.8 Å². The lowest BCUT2D eigenvalue weighted by Gasteiger charge is -2.29. The summed E-state index contributed by atoms with van der Waals surface area (Å²) in [5, 5.41) is 14.8. The molecule has 112 valence electrons. The van der Waals surface area contributed by atoms with E-state index in [0.717, 1.165) is 12.8 Å². The number of urea groups is 1. The third kappa shape index (κ3) is 5.61. The molecule has 0 saturated heterocycles. The maximum Gasteiger partial charge on any atom is 0.315 e. The standard InChI is InChI=1S/C16H26N2O2/c1-4-16(3,9-11-19)18-15(20)17-10-8-14-7-5-6-13(2)12-14/h5-7,12,19H,4,8-11H2,1-3H3,(H2,17,18,20). The van der Waals surface area contributed by atoms with E-state index in [9.17, 15) is 4.79 Å². The van der Waals surface area contributed by atoms with E-state index in [4.69, 9.17) is 5.11 Å². The van der Waals surface area contributed by atoms with Gasteiger partial charge in [0.05, 0.1) is 0 Å². The second kappa shape index (κ2) is 7.90. The fourth-order valence-corrected chi connectivity index (χ4v) is 2.08. The van der Waals surface area contributed by atoms with E-state index in [1.165, 1.54) is 11.1 Å². The number of nitrogens with one attached hydrogen (secondary N) is 2. The van der Waals surface area contributed by atoms with Crippen molar-refractivity contribution in [2.24, 2.45) is 0 Å². The van der Waals surface area contributed by atoms with Gasteiger partial charge in [-0.15, -0.1) is 0 Å². The number of aryl methyl sites for hydroxylation is 1. The number of carbonyl (C=O) groups excluding carboxylic acids is 1. The molecule has 0 aliphatic heterocycles. The lowest BCUT2D eigenvalue weighted by molar-refractivity contribution is 0.201. The van der Waals surface area contributed by atoms with Crippen molar-refractivity contribution in [3.05, 3.63) is 35.4 Å². The molecule has 1 rings (SSSR count). The normalized spacial score (nSPS) is 13.6. The highest BCUT2D eigenvalue weighted by Gasteiger charge is 2.23. The number of aliphatic hydroxyl groups excluding tert-OH is 1. The number of carbonyl (C=O) groups is 1. The number of aliphatic hydroxyl groups is 1. The number of rotatable bonds is 7. The highest BCUT2D eigenvalue weighted by atomic mass is 16.3. The van der Waals surface area contributed by atoms with Gasteiger partial charge in [-0.25, -0.2) is 4.79 Å². The summed E-state index contributed by atoms with van der Waals surface area (Å²) < 4.78 is 0. The van der Waals surface area contributed by atoms with Crippen molar-refractivity contribution in [2.45, 2.75) is 45.6 Å². The number of benzene rings is 1. The Morgan fingerprint density at radius 3 is 2.75 bits per heavy atom. The maximum absolute atomic E-state index is 11.8. The van der Waals surface area contributed by atoms with E-state index < -0.39 is 0 Å². The highest BCUT2D eigenvalue weighted by Crippen LogP contribution is 2.13. The molecular formula is C16H26N2O2. The van der Waals surface area contributed by atoms with Gasteiger partial charge in [0.2, 0.25) is 0 Å². The molecule has 1 aromatic rings. The van der Waals surface area contributed by atoms with Crippen molar-refractivity contribution in [2.75, 3.05) is 13.2 Å². The molecule has 0 aliphatic carbocycles. The molecule has 0 bridgehead atoms. The topological polar surface area (TPSA) is 61.4 Å². The van der Waals surface area contributed by atoms with Gasteiger partial charge in [0.1, 0.15) is 0 Å². The van der Waals surface area contributed by atoms with Crippen LogP contribution in [-0.2, 0) is 6.42 Å². The third-order valence-corrected chi connectivity index (χ3v) is 3.64. The van der Waals surface area contributed by atoms with Crippen molar-refractivity contribution in [3.8, 4) is 0 Å². The maximum atomic E-state index is 11.8. The van der Waals surface area contributed by atoms with E-state index >= 15 is 0 Å². The SMILES string of the molecule is CCC(C)(CCO)NC(=O)NCCc1cccc(C)c1. The first-order valence-corrected chi connectivity index (χ1v) is 7.21. The molecule has 0 aromatic heterocycles. The zero-order valence-corrected chi connectivity index (χ0v) is 12.7. The molecular weight excluding hydrogens is 252 g/mol. The second-order valence-electron chi connectivity index (χ2n) is 5.51. The summed E-state index contributed by atoms with van der Waals surface area (Å²) in [5.74, 6) is 0. The molecule has 1 atom stereocenters. The van der Waals surface area contributed by atoms with E-state index in [1.807, 2.05) is 19.9 Å². The van der Waals surface area contributed by atoms with E-state index in [-0.39, 0.29) is 18.2 Å². The van der Waals surface area contributed by atoms with Gasteiger partial charge in [0.15, 0.2) is 0 Å². The fraction of sp³-hybridized carbons (Fsp3) is 0.562. The molecule has 0 radical (unpaired) electrons. The number of amides is 2. The predicted molar refractivity (Wildman–Crippen MR) is 81.8 cm³/mol. The zero-order chi connectivity index (χ0) is 15.0. The summed E-state index contributed by atoms with van der Waals surface area (Å²) in [6.07, 6.45) is 2.17.